The first kappa shape index (κ1) is 16.3. The van der Waals surface area contributed by atoms with Gasteiger partial charge in [0, 0.05) is 6.04 Å². The number of rotatable bonds is 5. The molecule has 21 heavy (non-hydrogen) atoms. The van der Waals surface area contributed by atoms with Crippen LogP contribution in [0.1, 0.15) is 31.2 Å². The predicted octanol–water partition coefficient (Wildman–Crippen LogP) is 1.90. The van der Waals surface area contributed by atoms with Crippen LogP contribution in [0.4, 0.5) is 0 Å². The van der Waals surface area contributed by atoms with Gasteiger partial charge in [0.05, 0.1) is 6.61 Å². The van der Waals surface area contributed by atoms with Crippen molar-refractivity contribution in [2.45, 2.75) is 43.5 Å². The monoisotopic (exact) mass is 312 g/mol. The Kier molecular flexibility index (Phi) is 5.24. The van der Waals surface area contributed by atoms with Crippen LogP contribution in [0.5, 0.6) is 5.75 Å². The summed E-state index contributed by atoms with van der Waals surface area (Å²) in [5, 5.41) is 5.25. The molecule has 1 unspecified atom stereocenters. The van der Waals surface area contributed by atoms with Crippen molar-refractivity contribution in [1.29, 1.82) is 0 Å². The molecule has 1 heterocycles. The average molecular weight is 312 g/mol. The summed E-state index contributed by atoms with van der Waals surface area (Å²) in [6.45, 7) is 3.45. The molecule has 0 spiro atoms. The Balaban J connectivity index is 2.00. The minimum Gasteiger partial charge on any atom is -0.492 e. The lowest BCUT2D eigenvalue weighted by atomic mass is 10.0. The molecule has 1 atom stereocenters. The number of likely N-dealkylation sites (tertiary alicyclic amines) is 1. The van der Waals surface area contributed by atoms with E-state index in [-0.39, 0.29) is 4.90 Å². The predicted molar refractivity (Wildman–Crippen MR) is 82.9 cm³/mol. The number of sulfonamides is 1. The maximum absolute atomic E-state index is 11.6. The summed E-state index contributed by atoms with van der Waals surface area (Å²) >= 11 is 0. The van der Waals surface area contributed by atoms with E-state index < -0.39 is 10.0 Å². The summed E-state index contributed by atoms with van der Waals surface area (Å²) in [5.74, 6) is 0.349. The zero-order chi connectivity index (χ0) is 15.5. The van der Waals surface area contributed by atoms with Gasteiger partial charge in [-0.05, 0) is 57.5 Å². The number of nitrogens with two attached hydrogens (primary N) is 1. The van der Waals surface area contributed by atoms with Gasteiger partial charge in [-0.2, -0.15) is 0 Å². The van der Waals surface area contributed by atoms with Gasteiger partial charge in [0.25, 0.3) is 0 Å². The van der Waals surface area contributed by atoms with Crippen molar-refractivity contribution in [3.63, 3.8) is 0 Å². The highest BCUT2D eigenvalue weighted by molar-refractivity contribution is 7.89. The van der Waals surface area contributed by atoms with E-state index in [4.69, 9.17) is 9.88 Å². The number of aryl methyl sites for hydroxylation is 1. The van der Waals surface area contributed by atoms with Gasteiger partial charge >= 0.3 is 0 Å². The van der Waals surface area contributed by atoms with Crippen molar-refractivity contribution in [3.05, 3.63) is 23.8 Å². The fourth-order valence-corrected chi connectivity index (χ4v) is 3.53. The van der Waals surface area contributed by atoms with Gasteiger partial charge in [-0.25, -0.2) is 13.6 Å². The quantitative estimate of drug-likeness (QED) is 0.901. The number of ether oxygens (including phenoxy) is 1. The highest BCUT2D eigenvalue weighted by Gasteiger charge is 2.20. The Morgan fingerprint density at radius 3 is 2.81 bits per heavy atom. The molecule has 1 aliphatic rings. The van der Waals surface area contributed by atoms with Crippen LogP contribution in [0, 0.1) is 6.92 Å². The normalized spacial score (nSPS) is 20.4. The summed E-state index contributed by atoms with van der Waals surface area (Å²) in [4.78, 5) is 2.42. The lowest BCUT2D eigenvalue weighted by molar-refractivity contribution is 0.152. The second-order valence-electron chi connectivity index (χ2n) is 5.76. The molecule has 0 amide bonds. The summed E-state index contributed by atoms with van der Waals surface area (Å²) in [5.41, 5.74) is 0.846. The van der Waals surface area contributed by atoms with Crippen LogP contribution in [-0.2, 0) is 10.0 Å². The molecule has 1 aromatic rings. The topological polar surface area (TPSA) is 72.6 Å². The van der Waals surface area contributed by atoms with Crippen LogP contribution in [0.2, 0.25) is 0 Å². The summed E-state index contributed by atoms with van der Waals surface area (Å²) in [6, 6.07) is 5.58. The molecule has 0 saturated carbocycles. The molecular formula is C15H24N2O3S. The van der Waals surface area contributed by atoms with Crippen LogP contribution in [-0.4, -0.2) is 39.6 Å². The molecule has 1 saturated heterocycles. The number of benzene rings is 1. The largest absolute Gasteiger partial charge is 0.492 e. The Morgan fingerprint density at radius 1 is 1.38 bits per heavy atom. The zero-order valence-corrected chi connectivity index (χ0v) is 13.5. The molecule has 5 nitrogen and oxygen atoms in total. The molecule has 0 aliphatic carbocycles. The van der Waals surface area contributed by atoms with Crippen LogP contribution >= 0.6 is 0 Å². The highest BCUT2D eigenvalue weighted by Crippen LogP contribution is 2.25. The van der Waals surface area contributed by atoms with Gasteiger partial charge < -0.3 is 9.64 Å². The van der Waals surface area contributed by atoms with Gasteiger partial charge in [0.2, 0.25) is 10.0 Å². The van der Waals surface area contributed by atoms with Crippen molar-refractivity contribution in [2.24, 2.45) is 5.14 Å². The zero-order valence-electron chi connectivity index (χ0n) is 12.7. The van der Waals surface area contributed by atoms with Gasteiger partial charge in [0.15, 0.2) is 0 Å². The van der Waals surface area contributed by atoms with E-state index in [0.717, 1.165) is 18.5 Å². The van der Waals surface area contributed by atoms with Crippen LogP contribution in [0.15, 0.2) is 23.1 Å². The number of hydrogen-bond donors (Lipinski definition) is 1. The fourth-order valence-electron chi connectivity index (χ4n) is 2.77. The molecule has 1 fully saturated rings. The second kappa shape index (κ2) is 6.77. The van der Waals surface area contributed by atoms with Gasteiger partial charge in [-0.1, -0.05) is 12.5 Å². The minimum atomic E-state index is -3.76. The lowest BCUT2D eigenvalue weighted by Crippen LogP contribution is -2.37. The van der Waals surface area contributed by atoms with Crippen molar-refractivity contribution in [3.8, 4) is 5.75 Å². The second-order valence-corrected chi connectivity index (χ2v) is 7.29. The Morgan fingerprint density at radius 2 is 2.14 bits per heavy atom. The third kappa shape index (κ3) is 4.43. The fraction of sp³-hybridized carbons (Fsp3) is 0.600. The molecule has 2 rings (SSSR count). The number of hydrogen-bond acceptors (Lipinski definition) is 4. The van der Waals surface area contributed by atoms with E-state index in [9.17, 15) is 8.42 Å². The first-order valence-electron chi connectivity index (χ1n) is 7.34. The molecular weight excluding hydrogens is 288 g/mol. The van der Waals surface area contributed by atoms with E-state index in [1.165, 1.54) is 19.3 Å². The molecule has 118 valence electrons. The molecule has 6 heteroatoms. The van der Waals surface area contributed by atoms with E-state index in [1.807, 2.05) is 13.0 Å². The molecule has 0 bridgehead atoms. The van der Waals surface area contributed by atoms with Gasteiger partial charge in [-0.3, -0.25) is 0 Å². The maximum atomic E-state index is 11.6. The lowest BCUT2D eigenvalue weighted by Gasteiger charge is -2.32. The van der Waals surface area contributed by atoms with Crippen molar-refractivity contribution < 1.29 is 13.2 Å². The van der Waals surface area contributed by atoms with Crippen molar-refractivity contribution in [1.82, 2.24) is 4.90 Å². The average Bonchev–Trinajstić information content (AvgIpc) is 2.41. The molecule has 0 aromatic heterocycles. The number of nitrogens with zero attached hydrogens (tertiary/aromatic N) is 1. The minimum absolute atomic E-state index is 0.0690. The van der Waals surface area contributed by atoms with E-state index in [0.29, 0.717) is 18.4 Å². The Labute approximate surface area is 127 Å². The van der Waals surface area contributed by atoms with Gasteiger partial charge in [-0.15, -0.1) is 0 Å². The summed E-state index contributed by atoms with van der Waals surface area (Å²) < 4.78 is 28.9. The highest BCUT2D eigenvalue weighted by atomic mass is 32.2. The maximum Gasteiger partial charge on any atom is 0.241 e. The van der Waals surface area contributed by atoms with Crippen molar-refractivity contribution in [2.75, 3.05) is 20.2 Å². The standard InChI is InChI=1S/C15H24N2O3S/c1-12-6-7-14(15(11-12)21(16,18)19)20-10-8-13-5-3-4-9-17(13)2/h6-7,11,13H,3-5,8-10H2,1-2H3,(H2,16,18,19). The van der Waals surface area contributed by atoms with Gasteiger partial charge in [0.1, 0.15) is 10.6 Å². The van der Waals surface area contributed by atoms with Crippen LogP contribution in [0.25, 0.3) is 0 Å². The summed E-state index contributed by atoms with van der Waals surface area (Å²) in [6.07, 6.45) is 4.58. The first-order valence-corrected chi connectivity index (χ1v) is 8.89. The molecule has 1 aliphatic heterocycles. The van der Waals surface area contributed by atoms with Crippen molar-refractivity contribution >= 4 is 10.0 Å². The molecule has 0 radical (unpaired) electrons. The third-order valence-electron chi connectivity index (χ3n) is 4.04. The molecule has 2 N–H and O–H groups in total. The van der Waals surface area contributed by atoms with Crippen LogP contribution < -0.4 is 9.88 Å². The summed E-state index contributed by atoms with van der Waals surface area (Å²) in [7, 11) is -1.63. The van der Waals surface area contributed by atoms with E-state index >= 15 is 0 Å². The SMILES string of the molecule is Cc1ccc(OCCC2CCCCN2C)c(S(N)(=O)=O)c1. The smallest absolute Gasteiger partial charge is 0.241 e. The number of primary sulfonamides is 1. The van der Waals surface area contributed by atoms with Crippen LogP contribution in [0.3, 0.4) is 0 Å². The molecule has 1 aromatic carbocycles. The Bertz CT molecular complexity index is 587. The third-order valence-corrected chi connectivity index (χ3v) is 4.97. The first-order chi connectivity index (χ1) is 9.88. The Hall–Kier alpha value is -1.11. The van der Waals surface area contributed by atoms with E-state index in [1.54, 1.807) is 12.1 Å². The van der Waals surface area contributed by atoms with E-state index in [2.05, 4.69) is 11.9 Å². The number of piperidine rings is 1.